The Morgan fingerprint density at radius 2 is 2.00 bits per heavy atom. The Balaban J connectivity index is 1.97. The van der Waals surface area contributed by atoms with E-state index in [0.29, 0.717) is 12.2 Å². The fourth-order valence-corrected chi connectivity index (χ4v) is 1.92. The van der Waals surface area contributed by atoms with Crippen molar-refractivity contribution in [1.29, 1.82) is 0 Å². The molecule has 0 spiro atoms. The fourth-order valence-electron chi connectivity index (χ4n) is 1.92. The molecule has 1 N–H and O–H groups in total. The molecule has 0 aliphatic carbocycles. The van der Waals surface area contributed by atoms with Crippen molar-refractivity contribution < 1.29 is 18.3 Å². The number of alkyl halides is 3. The first kappa shape index (κ1) is 15.4. The van der Waals surface area contributed by atoms with Gasteiger partial charge in [-0.15, -0.1) is 10.2 Å². The molecule has 0 amide bonds. The number of aryl methyl sites for hydroxylation is 1. The minimum atomic E-state index is -4.41. The molecular weight excluding hydrogens is 285 g/mol. The van der Waals surface area contributed by atoms with Crippen LogP contribution in [-0.4, -0.2) is 37.6 Å². The van der Waals surface area contributed by atoms with E-state index in [9.17, 15) is 18.3 Å². The molecule has 8 heteroatoms. The lowest BCUT2D eigenvalue weighted by Gasteiger charge is -2.11. The number of aliphatic hydroxyl groups excluding tert-OH is 1. The molecule has 2 aromatic rings. The third-order valence-corrected chi connectivity index (χ3v) is 2.95. The maximum atomic E-state index is 12.1. The van der Waals surface area contributed by atoms with Gasteiger partial charge >= 0.3 is 6.18 Å². The van der Waals surface area contributed by atoms with Gasteiger partial charge in [0, 0.05) is 6.42 Å². The molecule has 1 aromatic heterocycles. The van der Waals surface area contributed by atoms with E-state index in [1.807, 2.05) is 31.2 Å². The van der Waals surface area contributed by atoms with Crippen molar-refractivity contribution in [2.75, 3.05) is 0 Å². The fraction of sp³-hybridized carbons (Fsp3) is 0.462. The molecule has 1 aromatic carbocycles. The van der Waals surface area contributed by atoms with E-state index in [0.717, 1.165) is 15.9 Å². The molecule has 0 saturated carbocycles. The largest absolute Gasteiger partial charge is 0.391 e. The second-order valence-electron chi connectivity index (χ2n) is 4.84. The minimum Gasteiger partial charge on any atom is -0.391 e. The number of halogens is 3. The average Bonchev–Trinajstić information content (AvgIpc) is 2.77. The molecule has 114 valence electrons. The van der Waals surface area contributed by atoms with Crippen LogP contribution in [0.5, 0.6) is 0 Å². The van der Waals surface area contributed by atoms with Gasteiger partial charge in [0.25, 0.3) is 0 Å². The molecule has 0 radical (unpaired) electrons. The van der Waals surface area contributed by atoms with Crippen LogP contribution in [0.4, 0.5) is 13.2 Å². The van der Waals surface area contributed by atoms with Crippen LogP contribution >= 0.6 is 0 Å². The first-order valence-corrected chi connectivity index (χ1v) is 6.39. The number of nitrogens with zero attached hydrogens (tertiary/aromatic N) is 4. The molecule has 1 atom stereocenters. The van der Waals surface area contributed by atoms with Crippen molar-refractivity contribution in [3.63, 3.8) is 0 Å². The molecule has 0 fully saturated rings. The van der Waals surface area contributed by atoms with E-state index < -0.39 is 18.7 Å². The first-order valence-electron chi connectivity index (χ1n) is 6.39. The van der Waals surface area contributed by atoms with E-state index >= 15 is 0 Å². The Bertz CT molecular complexity index is 597. The standard InChI is InChI=1S/C13H15F3N4O/c1-9-4-2-3-5-10(9)6-12-17-19-20(18-12)8-11(21)7-13(14,15)16/h2-5,11,21H,6-8H2,1H3/t11-/m0/s1. The lowest BCUT2D eigenvalue weighted by Crippen LogP contribution is -2.25. The molecule has 2 rings (SSSR count). The average molecular weight is 300 g/mol. The number of rotatable bonds is 5. The van der Waals surface area contributed by atoms with Crippen LogP contribution in [0.25, 0.3) is 0 Å². The number of hydrogen-bond acceptors (Lipinski definition) is 4. The van der Waals surface area contributed by atoms with Gasteiger partial charge in [-0.05, 0) is 23.3 Å². The van der Waals surface area contributed by atoms with E-state index in [2.05, 4.69) is 15.4 Å². The first-order chi connectivity index (χ1) is 9.83. The van der Waals surface area contributed by atoms with Gasteiger partial charge in [-0.3, -0.25) is 0 Å². The van der Waals surface area contributed by atoms with Crippen molar-refractivity contribution in [3.05, 3.63) is 41.2 Å². The third kappa shape index (κ3) is 4.82. The van der Waals surface area contributed by atoms with Crippen molar-refractivity contribution in [1.82, 2.24) is 20.2 Å². The molecule has 0 saturated heterocycles. The predicted octanol–water partition coefficient (Wildman–Crippen LogP) is 1.89. The third-order valence-electron chi connectivity index (χ3n) is 2.95. The Kier molecular flexibility index (Phi) is 4.56. The SMILES string of the molecule is Cc1ccccc1Cc1nnn(C[C@@H](O)CC(F)(F)F)n1. The highest BCUT2D eigenvalue weighted by molar-refractivity contribution is 5.27. The van der Waals surface area contributed by atoms with Crippen molar-refractivity contribution in [2.45, 2.75) is 38.6 Å². The lowest BCUT2D eigenvalue weighted by molar-refractivity contribution is -0.155. The van der Waals surface area contributed by atoms with Crippen LogP contribution in [-0.2, 0) is 13.0 Å². The topological polar surface area (TPSA) is 63.8 Å². The van der Waals surface area contributed by atoms with Crippen molar-refractivity contribution in [3.8, 4) is 0 Å². The zero-order valence-electron chi connectivity index (χ0n) is 11.4. The van der Waals surface area contributed by atoms with E-state index in [1.54, 1.807) is 0 Å². The van der Waals surface area contributed by atoms with Gasteiger partial charge in [-0.1, -0.05) is 24.3 Å². The number of benzene rings is 1. The monoisotopic (exact) mass is 300 g/mol. The van der Waals surface area contributed by atoms with Gasteiger partial charge in [0.15, 0.2) is 5.82 Å². The quantitative estimate of drug-likeness (QED) is 0.916. The van der Waals surface area contributed by atoms with Crippen LogP contribution < -0.4 is 0 Å². The Hall–Kier alpha value is -1.96. The lowest BCUT2D eigenvalue weighted by atomic mass is 10.1. The molecule has 5 nitrogen and oxygen atoms in total. The highest BCUT2D eigenvalue weighted by Crippen LogP contribution is 2.21. The number of aromatic nitrogens is 4. The van der Waals surface area contributed by atoms with Gasteiger partial charge < -0.3 is 5.11 Å². The van der Waals surface area contributed by atoms with Gasteiger partial charge in [0.1, 0.15) is 0 Å². The van der Waals surface area contributed by atoms with E-state index in [4.69, 9.17) is 0 Å². The molecule has 0 unspecified atom stereocenters. The summed E-state index contributed by atoms with van der Waals surface area (Å²) in [5.41, 5.74) is 2.10. The highest BCUT2D eigenvalue weighted by atomic mass is 19.4. The minimum absolute atomic E-state index is 0.333. The molecule has 0 aliphatic rings. The Morgan fingerprint density at radius 1 is 1.29 bits per heavy atom. The molecule has 0 aliphatic heterocycles. The van der Waals surface area contributed by atoms with Gasteiger partial charge in [0.2, 0.25) is 0 Å². The van der Waals surface area contributed by atoms with Crippen molar-refractivity contribution >= 4 is 0 Å². The summed E-state index contributed by atoms with van der Waals surface area (Å²) in [6, 6.07) is 7.68. The van der Waals surface area contributed by atoms with Crippen LogP contribution in [0.1, 0.15) is 23.4 Å². The van der Waals surface area contributed by atoms with Gasteiger partial charge in [-0.2, -0.15) is 18.0 Å². The smallest absolute Gasteiger partial charge is 0.391 e. The summed E-state index contributed by atoms with van der Waals surface area (Å²) in [7, 11) is 0. The normalized spacial score (nSPS) is 13.4. The molecule has 1 heterocycles. The van der Waals surface area contributed by atoms with Gasteiger partial charge in [-0.25, -0.2) is 0 Å². The molecule has 0 bridgehead atoms. The number of tetrazole rings is 1. The number of hydrogen-bond donors (Lipinski definition) is 1. The molecule has 21 heavy (non-hydrogen) atoms. The predicted molar refractivity (Wildman–Crippen MR) is 68.5 cm³/mol. The van der Waals surface area contributed by atoms with Crippen LogP contribution in [0.2, 0.25) is 0 Å². The van der Waals surface area contributed by atoms with Crippen molar-refractivity contribution in [2.24, 2.45) is 0 Å². The summed E-state index contributed by atoms with van der Waals surface area (Å²) >= 11 is 0. The highest BCUT2D eigenvalue weighted by Gasteiger charge is 2.31. The van der Waals surface area contributed by atoms with E-state index in [-0.39, 0.29) is 6.54 Å². The summed E-state index contributed by atoms with van der Waals surface area (Å²) in [5.74, 6) is 0.406. The van der Waals surface area contributed by atoms with Crippen LogP contribution in [0, 0.1) is 6.92 Å². The summed E-state index contributed by atoms with van der Waals surface area (Å²) in [6.45, 7) is 1.62. The van der Waals surface area contributed by atoms with E-state index in [1.165, 1.54) is 0 Å². The Morgan fingerprint density at radius 3 is 2.67 bits per heavy atom. The maximum Gasteiger partial charge on any atom is 0.391 e. The zero-order chi connectivity index (χ0) is 15.5. The summed E-state index contributed by atoms with van der Waals surface area (Å²) < 4.78 is 36.4. The van der Waals surface area contributed by atoms with Crippen LogP contribution in [0.3, 0.4) is 0 Å². The summed E-state index contributed by atoms with van der Waals surface area (Å²) in [4.78, 5) is 0.990. The molecular formula is C13H15F3N4O. The number of aliphatic hydroxyl groups is 1. The summed E-state index contributed by atoms with van der Waals surface area (Å²) in [6.07, 6.45) is -6.83. The summed E-state index contributed by atoms with van der Waals surface area (Å²) in [5, 5.41) is 20.8. The second kappa shape index (κ2) is 6.21. The Labute approximate surface area is 119 Å². The maximum absolute atomic E-state index is 12.1. The second-order valence-corrected chi connectivity index (χ2v) is 4.84. The zero-order valence-corrected chi connectivity index (χ0v) is 11.4. The van der Waals surface area contributed by atoms with Gasteiger partial charge in [0.05, 0.1) is 19.1 Å². The van der Waals surface area contributed by atoms with Crippen LogP contribution in [0.15, 0.2) is 24.3 Å².